The van der Waals surface area contributed by atoms with Crippen LogP contribution in [0.4, 0.5) is 0 Å². The topological polar surface area (TPSA) is 21.3 Å². The van der Waals surface area contributed by atoms with Crippen LogP contribution < -0.4 is 5.32 Å². The molecule has 0 bridgehead atoms. The summed E-state index contributed by atoms with van der Waals surface area (Å²) in [6, 6.07) is 0. The van der Waals surface area contributed by atoms with E-state index in [0.29, 0.717) is 0 Å². The predicted octanol–water partition coefficient (Wildman–Crippen LogP) is 3.86. The fourth-order valence-electron chi connectivity index (χ4n) is 1.93. The second kappa shape index (κ2) is 12.4. The third-order valence-corrected chi connectivity index (χ3v) is 3.00. The second-order valence-electron chi connectivity index (χ2n) is 5.46. The molecule has 0 rings (SSSR count). The number of hydrogen-bond acceptors (Lipinski definition) is 2. The molecule has 2 nitrogen and oxygen atoms in total. The molecule has 1 atom stereocenters. The van der Waals surface area contributed by atoms with Crippen LogP contribution in [0.5, 0.6) is 0 Å². The third-order valence-electron chi connectivity index (χ3n) is 3.00. The Morgan fingerprint density at radius 1 is 0.941 bits per heavy atom. The Kier molecular flexibility index (Phi) is 12.3. The van der Waals surface area contributed by atoms with E-state index in [2.05, 4.69) is 33.0 Å². The summed E-state index contributed by atoms with van der Waals surface area (Å²) in [5.74, 6) is 1.54. The average Bonchev–Trinajstić information content (AvgIpc) is 2.28. The first kappa shape index (κ1) is 16.9. The molecule has 2 heteroatoms. The van der Waals surface area contributed by atoms with Crippen LogP contribution in [0, 0.1) is 11.8 Å². The molecule has 0 aliphatic carbocycles. The highest BCUT2D eigenvalue weighted by molar-refractivity contribution is 4.63. The molecule has 0 spiro atoms. The van der Waals surface area contributed by atoms with E-state index in [1.807, 2.05) is 0 Å². The minimum Gasteiger partial charge on any atom is -0.381 e. The van der Waals surface area contributed by atoms with Crippen molar-refractivity contribution < 1.29 is 4.74 Å². The van der Waals surface area contributed by atoms with Crippen LogP contribution in [0.25, 0.3) is 0 Å². The van der Waals surface area contributed by atoms with Gasteiger partial charge in [-0.1, -0.05) is 40.5 Å². The van der Waals surface area contributed by atoms with E-state index < -0.39 is 0 Å². The van der Waals surface area contributed by atoms with Crippen LogP contribution in [0.15, 0.2) is 0 Å². The molecule has 0 aromatic heterocycles. The second-order valence-corrected chi connectivity index (χ2v) is 5.46. The van der Waals surface area contributed by atoms with Gasteiger partial charge in [0.25, 0.3) is 0 Å². The van der Waals surface area contributed by atoms with Gasteiger partial charge >= 0.3 is 0 Å². The maximum atomic E-state index is 5.65. The molecule has 0 aliphatic heterocycles. The number of ether oxygens (including phenoxy) is 1. The Bertz CT molecular complexity index is 148. The Morgan fingerprint density at radius 3 is 2.29 bits per heavy atom. The van der Waals surface area contributed by atoms with Crippen LogP contribution in [0.1, 0.15) is 59.8 Å². The lowest BCUT2D eigenvalue weighted by atomic mass is 10.00. The fraction of sp³-hybridized carbons (Fsp3) is 1.00. The van der Waals surface area contributed by atoms with Gasteiger partial charge in [-0.15, -0.1) is 0 Å². The first-order chi connectivity index (χ1) is 8.20. The first-order valence-electron chi connectivity index (χ1n) is 7.49. The van der Waals surface area contributed by atoms with Crippen LogP contribution in [-0.4, -0.2) is 26.3 Å². The average molecular weight is 243 g/mol. The molecule has 0 aliphatic rings. The van der Waals surface area contributed by atoms with Gasteiger partial charge in [0.15, 0.2) is 0 Å². The largest absolute Gasteiger partial charge is 0.381 e. The van der Waals surface area contributed by atoms with E-state index in [1.54, 1.807) is 0 Å². The van der Waals surface area contributed by atoms with Crippen LogP contribution in [0.2, 0.25) is 0 Å². The van der Waals surface area contributed by atoms with Crippen LogP contribution in [-0.2, 0) is 4.74 Å². The highest BCUT2D eigenvalue weighted by Crippen LogP contribution is 2.10. The van der Waals surface area contributed by atoms with E-state index in [-0.39, 0.29) is 0 Å². The Balaban J connectivity index is 3.52. The van der Waals surface area contributed by atoms with Gasteiger partial charge in [-0.05, 0) is 44.2 Å². The Labute approximate surface area is 109 Å². The lowest BCUT2D eigenvalue weighted by Crippen LogP contribution is -2.27. The summed E-state index contributed by atoms with van der Waals surface area (Å²) >= 11 is 0. The van der Waals surface area contributed by atoms with Gasteiger partial charge in [0.05, 0.1) is 0 Å². The maximum Gasteiger partial charge on any atom is 0.0469 e. The van der Waals surface area contributed by atoms with E-state index in [0.717, 1.165) is 38.1 Å². The SMILES string of the molecule is CCCCOCCC(CCC)CNCC(C)C. The zero-order chi connectivity index (χ0) is 12.9. The van der Waals surface area contributed by atoms with Crippen molar-refractivity contribution in [1.82, 2.24) is 5.32 Å². The standard InChI is InChI=1S/C15H33NO/c1-5-7-10-17-11-9-15(8-6-2)13-16-12-14(3)4/h14-16H,5-13H2,1-4H3. The van der Waals surface area contributed by atoms with Crippen molar-refractivity contribution in [3.05, 3.63) is 0 Å². The molecule has 0 radical (unpaired) electrons. The fourth-order valence-corrected chi connectivity index (χ4v) is 1.93. The summed E-state index contributed by atoms with van der Waals surface area (Å²) in [7, 11) is 0. The summed E-state index contributed by atoms with van der Waals surface area (Å²) in [5.41, 5.74) is 0. The number of rotatable bonds is 12. The van der Waals surface area contributed by atoms with Crippen LogP contribution >= 0.6 is 0 Å². The van der Waals surface area contributed by atoms with Crippen molar-refractivity contribution in [2.75, 3.05) is 26.3 Å². The molecule has 0 amide bonds. The molecule has 0 aromatic rings. The number of hydrogen-bond donors (Lipinski definition) is 1. The number of nitrogens with one attached hydrogen (secondary N) is 1. The van der Waals surface area contributed by atoms with Crippen molar-refractivity contribution in [3.8, 4) is 0 Å². The molecule has 0 fully saturated rings. The first-order valence-corrected chi connectivity index (χ1v) is 7.49. The summed E-state index contributed by atoms with van der Waals surface area (Å²) < 4.78 is 5.65. The maximum absolute atomic E-state index is 5.65. The van der Waals surface area contributed by atoms with Crippen molar-refractivity contribution in [1.29, 1.82) is 0 Å². The highest BCUT2D eigenvalue weighted by Gasteiger charge is 2.07. The zero-order valence-corrected chi connectivity index (χ0v) is 12.4. The summed E-state index contributed by atoms with van der Waals surface area (Å²) in [6.07, 6.45) is 6.24. The molecule has 1 unspecified atom stereocenters. The van der Waals surface area contributed by atoms with E-state index >= 15 is 0 Å². The van der Waals surface area contributed by atoms with Gasteiger partial charge in [0.2, 0.25) is 0 Å². The summed E-state index contributed by atoms with van der Waals surface area (Å²) in [5, 5.41) is 3.57. The van der Waals surface area contributed by atoms with Gasteiger partial charge < -0.3 is 10.1 Å². The molecule has 0 saturated carbocycles. The lowest BCUT2D eigenvalue weighted by molar-refractivity contribution is 0.115. The quantitative estimate of drug-likeness (QED) is 0.526. The molecule has 1 N–H and O–H groups in total. The smallest absolute Gasteiger partial charge is 0.0469 e. The minimum atomic E-state index is 0.748. The van der Waals surface area contributed by atoms with Gasteiger partial charge in [-0.2, -0.15) is 0 Å². The summed E-state index contributed by atoms with van der Waals surface area (Å²) in [6.45, 7) is 13.2. The van der Waals surface area contributed by atoms with E-state index in [1.165, 1.54) is 32.1 Å². The zero-order valence-electron chi connectivity index (χ0n) is 12.4. The summed E-state index contributed by atoms with van der Waals surface area (Å²) in [4.78, 5) is 0. The van der Waals surface area contributed by atoms with E-state index in [9.17, 15) is 0 Å². The van der Waals surface area contributed by atoms with E-state index in [4.69, 9.17) is 4.74 Å². The minimum absolute atomic E-state index is 0.748. The van der Waals surface area contributed by atoms with Gasteiger partial charge in [-0.3, -0.25) is 0 Å². The lowest BCUT2D eigenvalue weighted by Gasteiger charge is -2.17. The molecule has 17 heavy (non-hydrogen) atoms. The molecular weight excluding hydrogens is 210 g/mol. The van der Waals surface area contributed by atoms with Gasteiger partial charge in [0, 0.05) is 13.2 Å². The van der Waals surface area contributed by atoms with Crippen molar-refractivity contribution in [3.63, 3.8) is 0 Å². The molecule has 0 saturated heterocycles. The normalized spacial score (nSPS) is 13.2. The third kappa shape index (κ3) is 12.2. The van der Waals surface area contributed by atoms with Crippen LogP contribution in [0.3, 0.4) is 0 Å². The van der Waals surface area contributed by atoms with Crippen molar-refractivity contribution >= 4 is 0 Å². The van der Waals surface area contributed by atoms with Gasteiger partial charge in [0.1, 0.15) is 0 Å². The Hall–Kier alpha value is -0.0800. The monoisotopic (exact) mass is 243 g/mol. The van der Waals surface area contributed by atoms with Crippen molar-refractivity contribution in [2.24, 2.45) is 11.8 Å². The Morgan fingerprint density at radius 2 is 1.71 bits per heavy atom. The molecular formula is C15H33NO. The van der Waals surface area contributed by atoms with Gasteiger partial charge in [-0.25, -0.2) is 0 Å². The predicted molar refractivity (Wildman–Crippen MR) is 76.4 cm³/mol. The molecule has 0 aromatic carbocycles. The number of unbranched alkanes of at least 4 members (excludes halogenated alkanes) is 1. The molecule has 0 heterocycles. The highest BCUT2D eigenvalue weighted by atomic mass is 16.5. The molecule has 104 valence electrons. The van der Waals surface area contributed by atoms with Crippen molar-refractivity contribution in [2.45, 2.75) is 59.8 Å².